The van der Waals surface area contributed by atoms with E-state index in [0.29, 0.717) is 28.3 Å². The summed E-state index contributed by atoms with van der Waals surface area (Å²) in [5.41, 5.74) is 5.42. The lowest BCUT2D eigenvalue weighted by atomic mass is 9.98. The Kier molecular flexibility index (Phi) is 7.00. The number of nitrogens with zero attached hydrogens (tertiary/aromatic N) is 6. The number of hydrazone groups is 1. The lowest BCUT2D eigenvalue weighted by molar-refractivity contribution is -0.130. The van der Waals surface area contributed by atoms with Gasteiger partial charge < -0.3 is 0 Å². The number of aromatic nitrogens is 4. The molecule has 0 saturated heterocycles. The molecule has 0 bridgehead atoms. The topological polar surface area (TPSA) is 92.8 Å². The molecule has 4 aromatic carbocycles. The fraction of sp³-hybridized carbons (Fsp3) is 0.118. The van der Waals surface area contributed by atoms with Crippen molar-refractivity contribution in [2.24, 2.45) is 5.10 Å². The number of hydrogen-bond acceptors (Lipinski definition) is 7. The van der Waals surface area contributed by atoms with E-state index in [0.717, 1.165) is 27.8 Å². The second kappa shape index (κ2) is 11.3. The molecule has 2 aromatic heterocycles. The Morgan fingerprint density at radius 3 is 2.23 bits per heavy atom. The van der Waals surface area contributed by atoms with Gasteiger partial charge in [0.1, 0.15) is 0 Å². The molecule has 1 amide bonds. The van der Waals surface area contributed by atoms with Crippen molar-refractivity contribution >= 4 is 39.9 Å². The fourth-order valence-corrected chi connectivity index (χ4v) is 6.16. The van der Waals surface area contributed by atoms with E-state index in [1.807, 2.05) is 116 Å². The Balaban J connectivity index is 1.28. The van der Waals surface area contributed by atoms with Crippen molar-refractivity contribution < 1.29 is 4.79 Å². The number of rotatable bonds is 6. The van der Waals surface area contributed by atoms with Gasteiger partial charge in [-0.05, 0) is 29.7 Å². The predicted octanol–water partition coefficient (Wildman–Crippen LogP) is 6.08. The van der Waals surface area contributed by atoms with Crippen LogP contribution < -0.4 is 5.56 Å². The van der Waals surface area contributed by atoms with Gasteiger partial charge in [0.15, 0.2) is 16.5 Å². The summed E-state index contributed by atoms with van der Waals surface area (Å²) in [4.78, 5) is 36.4. The number of fused-ring (bicyclic) bond motifs is 3. The summed E-state index contributed by atoms with van der Waals surface area (Å²) >= 11 is 1.26. The third-order valence-electron chi connectivity index (χ3n) is 7.51. The van der Waals surface area contributed by atoms with Gasteiger partial charge >= 0.3 is 0 Å². The summed E-state index contributed by atoms with van der Waals surface area (Å²) in [5, 5.41) is 12.3. The van der Waals surface area contributed by atoms with Crippen LogP contribution in [-0.4, -0.2) is 42.0 Å². The molecule has 1 aliphatic heterocycles. The number of aryl methyl sites for hydroxylation is 1. The van der Waals surface area contributed by atoms with Crippen molar-refractivity contribution in [3.8, 4) is 11.3 Å². The SMILES string of the molecule is Cc1cccc2c1nc(SCC(=O)N1N=C(c3ccccc3)C[C@H]1c1ccccc1)n1nc(-c3ccccc3)c(=O)nc21. The van der Waals surface area contributed by atoms with Crippen LogP contribution in [0.15, 0.2) is 124 Å². The highest BCUT2D eigenvalue weighted by Crippen LogP contribution is 2.34. The number of benzene rings is 4. The molecule has 0 aliphatic carbocycles. The first kappa shape index (κ1) is 26.7. The number of carbonyl (C=O) groups is 1. The first-order chi connectivity index (χ1) is 21.1. The minimum absolute atomic E-state index is 0.0723. The molecule has 3 heterocycles. The van der Waals surface area contributed by atoms with Gasteiger partial charge in [0.05, 0.1) is 23.0 Å². The van der Waals surface area contributed by atoms with Crippen LogP contribution in [0.2, 0.25) is 0 Å². The maximum Gasteiger partial charge on any atom is 0.300 e. The molecular weight excluding hydrogens is 556 g/mol. The molecule has 0 fully saturated rings. The highest BCUT2D eigenvalue weighted by molar-refractivity contribution is 7.99. The van der Waals surface area contributed by atoms with Crippen molar-refractivity contribution in [1.82, 2.24) is 24.6 Å². The highest BCUT2D eigenvalue weighted by atomic mass is 32.2. The van der Waals surface area contributed by atoms with Gasteiger partial charge in [-0.15, -0.1) is 0 Å². The zero-order valence-electron chi connectivity index (χ0n) is 23.3. The van der Waals surface area contributed by atoms with E-state index >= 15 is 0 Å². The van der Waals surface area contributed by atoms with Crippen molar-refractivity contribution in [2.45, 2.75) is 24.5 Å². The van der Waals surface area contributed by atoms with Gasteiger partial charge in [-0.2, -0.15) is 19.7 Å². The average Bonchev–Trinajstić information content (AvgIpc) is 3.51. The number of para-hydroxylation sites is 1. The van der Waals surface area contributed by atoms with Crippen molar-refractivity contribution in [2.75, 3.05) is 5.75 Å². The monoisotopic (exact) mass is 582 g/mol. The maximum atomic E-state index is 13.9. The van der Waals surface area contributed by atoms with E-state index in [4.69, 9.17) is 15.2 Å². The van der Waals surface area contributed by atoms with Crippen LogP contribution >= 0.6 is 11.8 Å². The largest absolute Gasteiger partial charge is 0.300 e. The van der Waals surface area contributed by atoms with Crippen molar-refractivity contribution in [3.63, 3.8) is 0 Å². The average molecular weight is 583 g/mol. The summed E-state index contributed by atoms with van der Waals surface area (Å²) in [6, 6.07) is 34.7. The Morgan fingerprint density at radius 1 is 0.837 bits per heavy atom. The molecular formula is C34H26N6O2S. The minimum atomic E-state index is -0.419. The molecule has 210 valence electrons. The molecule has 1 aliphatic rings. The van der Waals surface area contributed by atoms with Crippen LogP contribution in [-0.2, 0) is 4.79 Å². The highest BCUT2D eigenvalue weighted by Gasteiger charge is 2.33. The Labute approximate surface area is 251 Å². The van der Waals surface area contributed by atoms with Crippen LogP contribution in [0.4, 0.5) is 0 Å². The molecule has 8 nitrogen and oxygen atoms in total. The standard InChI is InChI=1S/C34H26N6O2S/c1-22-12-11-19-26-30(22)35-34(40-32(26)36-33(42)31(38-40)25-17-9-4-10-18-25)43-21-29(41)39-28(24-15-7-3-8-16-24)20-27(37-39)23-13-5-2-6-14-23/h2-19,28H,20-21H2,1H3/t28-/m0/s1. The molecule has 43 heavy (non-hydrogen) atoms. The third-order valence-corrected chi connectivity index (χ3v) is 8.42. The van der Waals surface area contributed by atoms with E-state index in [1.54, 1.807) is 9.52 Å². The molecule has 0 spiro atoms. The van der Waals surface area contributed by atoms with E-state index in [2.05, 4.69) is 4.98 Å². The van der Waals surface area contributed by atoms with Crippen LogP contribution in [0.25, 0.3) is 27.8 Å². The molecule has 0 saturated carbocycles. The van der Waals surface area contributed by atoms with E-state index in [9.17, 15) is 9.59 Å². The Bertz CT molecular complexity index is 2060. The summed E-state index contributed by atoms with van der Waals surface area (Å²) in [6.07, 6.45) is 0.619. The van der Waals surface area contributed by atoms with Crippen LogP contribution in [0, 0.1) is 6.92 Å². The smallest absolute Gasteiger partial charge is 0.272 e. The minimum Gasteiger partial charge on any atom is -0.272 e. The molecule has 6 aromatic rings. The second-order valence-electron chi connectivity index (χ2n) is 10.3. The molecule has 0 unspecified atom stereocenters. The predicted molar refractivity (Wildman–Crippen MR) is 169 cm³/mol. The summed E-state index contributed by atoms with van der Waals surface area (Å²) < 4.78 is 1.58. The van der Waals surface area contributed by atoms with Gasteiger partial charge in [-0.25, -0.2) is 9.99 Å². The number of amides is 1. The van der Waals surface area contributed by atoms with Gasteiger partial charge in [-0.1, -0.05) is 115 Å². The normalized spacial score (nSPS) is 14.8. The van der Waals surface area contributed by atoms with E-state index in [-0.39, 0.29) is 23.4 Å². The Morgan fingerprint density at radius 2 is 1.51 bits per heavy atom. The zero-order chi connectivity index (χ0) is 29.3. The summed E-state index contributed by atoms with van der Waals surface area (Å²) in [5.74, 6) is -0.0787. The zero-order valence-corrected chi connectivity index (χ0v) is 24.1. The van der Waals surface area contributed by atoms with Crippen LogP contribution in [0.5, 0.6) is 0 Å². The summed E-state index contributed by atoms with van der Waals surface area (Å²) in [7, 11) is 0. The second-order valence-corrected chi connectivity index (χ2v) is 11.2. The molecule has 1 atom stereocenters. The van der Waals surface area contributed by atoms with Gasteiger partial charge in [-0.3, -0.25) is 9.59 Å². The number of carbonyl (C=O) groups excluding carboxylic acids is 1. The van der Waals surface area contributed by atoms with Crippen LogP contribution in [0.1, 0.15) is 29.2 Å². The van der Waals surface area contributed by atoms with Crippen molar-refractivity contribution in [3.05, 3.63) is 136 Å². The van der Waals surface area contributed by atoms with E-state index in [1.165, 1.54) is 11.8 Å². The van der Waals surface area contributed by atoms with Crippen molar-refractivity contribution in [1.29, 1.82) is 0 Å². The third kappa shape index (κ3) is 5.08. The first-order valence-corrected chi connectivity index (χ1v) is 14.9. The van der Waals surface area contributed by atoms with Gasteiger partial charge in [0.25, 0.3) is 11.5 Å². The van der Waals surface area contributed by atoms with E-state index < -0.39 is 5.56 Å². The summed E-state index contributed by atoms with van der Waals surface area (Å²) in [6.45, 7) is 1.96. The fourth-order valence-electron chi connectivity index (χ4n) is 5.37. The lowest BCUT2D eigenvalue weighted by Crippen LogP contribution is -2.28. The molecule has 0 radical (unpaired) electrons. The molecule has 0 N–H and O–H groups in total. The first-order valence-electron chi connectivity index (χ1n) is 14.0. The molecule has 7 rings (SSSR count). The Hall–Kier alpha value is -5.15. The van der Waals surface area contributed by atoms with Crippen LogP contribution in [0.3, 0.4) is 0 Å². The van der Waals surface area contributed by atoms with Gasteiger partial charge in [0, 0.05) is 17.4 Å². The number of hydrogen-bond donors (Lipinski definition) is 0. The molecule has 9 heteroatoms. The van der Waals surface area contributed by atoms with Gasteiger partial charge in [0.2, 0.25) is 0 Å². The maximum absolute atomic E-state index is 13.9. The number of thioether (sulfide) groups is 1. The quantitative estimate of drug-likeness (QED) is 0.134. The lowest BCUT2D eigenvalue weighted by Gasteiger charge is -2.22.